The average Bonchev–Trinajstić information content (AvgIpc) is 2.67. The Morgan fingerprint density at radius 3 is 2.52 bits per heavy atom. The van der Waals surface area contributed by atoms with Gasteiger partial charge in [-0.2, -0.15) is 0 Å². The molecule has 0 heterocycles. The summed E-state index contributed by atoms with van der Waals surface area (Å²) in [6, 6.07) is 15.6. The Bertz CT molecular complexity index is 864. The third kappa shape index (κ3) is 4.11. The number of ketones is 1. The number of esters is 1. The van der Waals surface area contributed by atoms with Crippen LogP contribution in [-0.4, -0.2) is 25.5 Å². The molecule has 2 aromatic rings. The van der Waals surface area contributed by atoms with Crippen LogP contribution in [0.4, 0.5) is 0 Å². The molecule has 0 spiro atoms. The summed E-state index contributed by atoms with van der Waals surface area (Å²) in [5.41, 5.74) is 4.03. The van der Waals surface area contributed by atoms with Gasteiger partial charge in [0.15, 0.2) is 5.78 Å². The van der Waals surface area contributed by atoms with Crippen molar-refractivity contribution in [2.75, 3.05) is 13.7 Å². The fourth-order valence-corrected chi connectivity index (χ4v) is 3.59. The zero-order valence-electron chi connectivity index (χ0n) is 15.9. The lowest BCUT2D eigenvalue weighted by Crippen LogP contribution is -2.34. The highest BCUT2D eigenvalue weighted by Gasteiger charge is 2.39. The van der Waals surface area contributed by atoms with E-state index in [-0.39, 0.29) is 18.3 Å². The Balaban J connectivity index is 2.01. The monoisotopic (exact) mass is 364 g/mol. The number of benzene rings is 2. The molecule has 0 unspecified atom stereocenters. The molecule has 1 aliphatic rings. The molecule has 0 saturated carbocycles. The molecule has 0 radical (unpaired) electrons. The van der Waals surface area contributed by atoms with E-state index in [1.54, 1.807) is 20.1 Å². The molecule has 4 nitrogen and oxygen atoms in total. The van der Waals surface area contributed by atoms with Gasteiger partial charge in [0.05, 0.1) is 13.7 Å². The second-order valence-electron chi connectivity index (χ2n) is 6.75. The summed E-state index contributed by atoms with van der Waals surface area (Å²) < 4.78 is 10.4. The molecule has 3 rings (SSSR count). The van der Waals surface area contributed by atoms with Crippen LogP contribution in [0.3, 0.4) is 0 Å². The molecule has 0 amide bonds. The van der Waals surface area contributed by atoms with Crippen LogP contribution in [0.25, 0.3) is 5.57 Å². The number of hydrogen-bond donors (Lipinski definition) is 0. The van der Waals surface area contributed by atoms with Gasteiger partial charge in [0.2, 0.25) is 0 Å². The maximum absolute atomic E-state index is 12.9. The van der Waals surface area contributed by atoms with Crippen molar-refractivity contribution in [1.82, 2.24) is 0 Å². The zero-order valence-corrected chi connectivity index (χ0v) is 15.9. The van der Waals surface area contributed by atoms with Crippen LogP contribution in [0.1, 0.15) is 36.0 Å². The maximum atomic E-state index is 12.9. The average molecular weight is 364 g/mol. The SMILES string of the molecule is CCOC(=O)[C@H]1C(=O)C=C(c2cccc(C)c2)C[C@H]1c1ccc(OC)cc1. The topological polar surface area (TPSA) is 52.6 Å². The minimum absolute atomic E-state index is 0.197. The summed E-state index contributed by atoms with van der Waals surface area (Å²) in [4.78, 5) is 25.4. The number of carbonyl (C=O) groups excluding carboxylic acids is 2. The van der Waals surface area contributed by atoms with Crippen molar-refractivity contribution >= 4 is 17.3 Å². The van der Waals surface area contributed by atoms with E-state index in [1.165, 1.54) is 0 Å². The van der Waals surface area contributed by atoms with Crippen LogP contribution in [-0.2, 0) is 14.3 Å². The molecular formula is C23H24O4. The van der Waals surface area contributed by atoms with Gasteiger partial charge in [-0.05, 0) is 55.2 Å². The molecule has 27 heavy (non-hydrogen) atoms. The van der Waals surface area contributed by atoms with E-state index in [4.69, 9.17) is 9.47 Å². The van der Waals surface area contributed by atoms with Crippen molar-refractivity contribution < 1.29 is 19.1 Å². The highest BCUT2D eigenvalue weighted by atomic mass is 16.5. The number of rotatable bonds is 5. The minimum Gasteiger partial charge on any atom is -0.497 e. The molecule has 0 fully saturated rings. The molecule has 0 N–H and O–H groups in total. The lowest BCUT2D eigenvalue weighted by molar-refractivity contribution is -0.151. The van der Waals surface area contributed by atoms with Crippen molar-refractivity contribution in [1.29, 1.82) is 0 Å². The van der Waals surface area contributed by atoms with Gasteiger partial charge in [0.25, 0.3) is 0 Å². The Hall–Kier alpha value is -2.88. The first-order chi connectivity index (χ1) is 13.0. The summed E-state index contributed by atoms with van der Waals surface area (Å²) >= 11 is 0. The summed E-state index contributed by atoms with van der Waals surface area (Å²) in [5, 5.41) is 0. The molecular weight excluding hydrogens is 340 g/mol. The number of methoxy groups -OCH3 is 1. The molecule has 0 bridgehead atoms. The van der Waals surface area contributed by atoms with Gasteiger partial charge in [-0.3, -0.25) is 9.59 Å². The minimum atomic E-state index is -0.813. The van der Waals surface area contributed by atoms with E-state index in [9.17, 15) is 9.59 Å². The van der Waals surface area contributed by atoms with E-state index in [1.807, 2.05) is 49.4 Å². The van der Waals surface area contributed by atoms with Gasteiger partial charge in [-0.15, -0.1) is 0 Å². The molecule has 0 aliphatic heterocycles. The van der Waals surface area contributed by atoms with Gasteiger partial charge in [-0.25, -0.2) is 0 Å². The van der Waals surface area contributed by atoms with Gasteiger partial charge in [-0.1, -0.05) is 42.0 Å². The summed E-state index contributed by atoms with van der Waals surface area (Å²) in [7, 11) is 1.61. The second kappa shape index (κ2) is 8.21. The molecule has 0 saturated heterocycles. The maximum Gasteiger partial charge on any atom is 0.317 e. The number of ether oxygens (including phenoxy) is 2. The van der Waals surface area contributed by atoms with Gasteiger partial charge in [0, 0.05) is 5.92 Å². The van der Waals surface area contributed by atoms with Crippen LogP contribution in [0.5, 0.6) is 5.75 Å². The van der Waals surface area contributed by atoms with Crippen molar-refractivity contribution in [3.8, 4) is 5.75 Å². The Morgan fingerprint density at radius 1 is 1.15 bits per heavy atom. The van der Waals surface area contributed by atoms with Crippen LogP contribution in [0.2, 0.25) is 0 Å². The third-order valence-corrected chi connectivity index (χ3v) is 4.94. The molecule has 0 aromatic heterocycles. The highest BCUT2D eigenvalue weighted by molar-refractivity contribution is 6.10. The van der Waals surface area contributed by atoms with Gasteiger partial charge < -0.3 is 9.47 Å². The van der Waals surface area contributed by atoms with E-state index < -0.39 is 11.9 Å². The first-order valence-electron chi connectivity index (χ1n) is 9.15. The van der Waals surface area contributed by atoms with Gasteiger partial charge >= 0.3 is 5.97 Å². The largest absolute Gasteiger partial charge is 0.497 e. The lowest BCUT2D eigenvalue weighted by Gasteiger charge is -2.29. The summed E-state index contributed by atoms with van der Waals surface area (Å²) in [6.45, 7) is 4.03. The number of hydrogen-bond acceptors (Lipinski definition) is 4. The van der Waals surface area contributed by atoms with E-state index in [2.05, 4.69) is 6.07 Å². The zero-order chi connectivity index (χ0) is 19.4. The molecule has 2 atom stereocenters. The standard InChI is InChI=1S/C23H24O4/c1-4-27-23(25)22-20(16-8-10-19(26-3)11-9-16)13-18(14-21(22)24)17-7-5-6-15(2)12-17/h5-12,14,20,22H,4,13H2,1-3H3/t20-,22+/m0/s1. The normalized spacial score (nSPS) is 19.4. The molecule has 4 heteroatoms. The smallest absolute Gasteiger partial charge is 0.317 e. The Morgan fingerprint density at radius 2 is 1.89 bits per heavy atom. The van der Waals surface area contributed by atoms with Gasteiger partial charge in [0.1, 0.15) is 11.7 Å². The summed E-state index contributed by atoms with van der Waals surface area (Å²) in [6.07, 6.45) is 2.21. The van der Waals surface area contributed by atoms with Crippen molar-refractivity contribution in [3.63, 3.8) is 0 Å². The Kier molecular flexibility index (Phi) is 5.75. The Labute approximate surface area is 159 Å². The van der Waals surface area contributed by atoms with Crippen LogP contribution in [0.15, 0.2) is 54.6 Å². The molecule has 1 aliphatic carbocycles. The predicted molar refractivity (Wildman–Crippen MR) is 105 cm³/mol. The predicted octanol–water partition coefficient (Wildman–Crippen LogP) is 4.32. The number of allylic oxidation sites excluding steroid dienone is 2. The van der Waals surface area contributed by atoms with E-state index >= 15 is 0 Å². The molecule has 2 aromatic carbocycles. The van der Waals surface area contributed by atoms with Crippen molar-refractivity contribution in [2.45, 2.75) is 26.2 Å². The fourth-order valence-electron chi connectivity index (χ4n) is 3.59. The van der Waals surface area contributed by atoms with Crippen molar-refractivity contribution in [3.05, 3.63) is 71.3 Å². The van der Waals surface area contributed by atoms with E-state index in [0.717, 1.165) is 28.0 Å². The lowest BCUT2D eigenvalue weighted by atomic mass is 9.73. The van der Waals surface area contributed by atoms with Crippen LogP contribution >= 0.6 is 0 Å². The number of aryl methyl sites for hydroxylation is 1. The highest BCUT2D eigenvalue weighted by Crippen LogP contribution is 2.40. The first-order valence-corrected chi connectivity index (χ1v) is 9.15. The summed E-state index contributed by atoms with van der Waals surface area (Å²) in [5.74, 6) is -0.988. The van der Waals surface area contributed by atoms with Crippen molar-refractivity contribution in [2.24, 2.45) is 5.92 Å². The molecule has 140 valence electrons. The van der Waals surface area contributed by atoms with E-state index in [0.29, 0.717) is 6.42 Å². The first kappa shape index (κ1) is 18.9. The van der Waals surface area contributed by atoms with Crippen LogP contribution in [0, 0.1) is 12.8 Å². The van der Waals surface area contributed by atoms with Crippen LogP contribution < -0.4 is 4.74 Å². The third-order valence-electron chi connectivity index (χ3n) is 4.94. The number of carbonyl (C=O) groups is 2. The quantitative estimate of drug-likeness (QED) is 0.586. The second-order valence-corrected chi connectivity index (χ2v) is 6.75. The fraction of sp³-hybridized carbons (Fsp3) is 0.304.